The lowest BCUT2D eigenvalue weighted by molar-refractivity contribution is 0.397. The third-order valence-electron chi connectivity index (χ3n) is 3.56. The van der Waals surface area contributed by atoms with Crippen molar-refractivity contribution in [1.82, 2.24) is 9.55 Å². The third-order valence-corrected chi connectivity index (χ3v) is 3.56. The highest BCUT2D eigenvalue weighted by atomic mass is 16.5. The van der Waals surface area contributed by atoms with Gasteiger partial charge in [0, 0.05) is 5.56 Å². The largest absolute Gasteiger partial charge is 0.497 e. The SMILES string of the molecule is COc1ccc(OC)c(Cn2cnc3ccccc3c2=O)c1. The van der Waals surface area contributed by atoms with Gasteiger partial charge in [-0.15, -0.1) is 0 Å². The van der Waals surface area contributed by atoms with Crippen molar-refractivity contribution in [1.29, 1.82) is 0 Å². The Balaban J connectivity index is 2.07. The van der Waals surface area contributed by atoms with Gasteiger partial charge in [0.1, 0.15) is 11.5 Å². The van der Waals surface area contributed by atoms with Gasteiger partial charge >= 0.3 is 0 Å². The van der Waals surface area contributed by atoms with E-state index in [4.69, 9.17) is 9.47 Å². The van der Waals surface area contributed by atoms with Gasteiger partial charge in [0.15, 0.2) is 0 Å². The zero-order valence-electron chi connectivity index (χ0n) is 12.4. The number of para-hydroxylation sites is 1. The number of rotatable bonds is 4. The van der Waals surface area contributed by atoms with Crippen molar-refractivity contribution in [2.24, 2.45) is 0 Å². The number of aromatic nitrogens is 2. The summed E-state index contributed by atoms with van der Waals surface area (Å²) in [5.74, 6) is 1.43. The Hall–Kier alpha value is -2.82. The molecule has 112 valence electrons. The van der Waals surface area contributed by atoms with Crippen molar-refractivity contribution in [2.45, 2.75) is 6.54 Å². The molecule has 5 heteroatoms. The molecular weight excluding hydrogens is 280 g/mol. The lowest BCUT2D eigenvalue weighted by atomic mass is 10.2. The van der Waals surface area contributed by atoms with E-state index >= 15 is 0 Å². The first-order valence-electron chi connectivity index (χ1n) is 6.88. The molecule has 2 aromatic carbocycles. The van der Waals surface area contributed by atoms with Gasteiger partial charge in [-0.25, -0.2) is 4.98 Å². The fourth-order valence-corrected chi connectivity index (χ4v) is 2.41. The van der Waals surface area contributed by atoms with Crippen LogP contribution in [-0.2, 0) is 6.54 Å². The average molecular weight is 296 g/mol. The van der Waals surface area contributed by atoms with Gasteiger partial charge in [0.25, 0.3) is 5.56 Å². The second-order valence-corrected chi connectivity index (χ2v) is 4.87. The Kier molecular flexibility index (Phi) is 3.78. The molecule has 3 aromatic rings. The Morgan fingerprint density at radius 2 is 1.91 bits per heavy atom. The van der Waals surface area contributed by atoms with Crippen LogP contribution in [0.5, 0.6) is 11.5 Å². The number of ether oxygens (including phenoxy) is 2. The molecule has 0 N–H and O–H groups in total. The van der Waals surface area contributed by atoms with E-state index in [9.17, 15) is 4.79 Å². The molecule has 3 rings (SSSR count). The molecular formula is C17H16N2O3. The standard InChI is InChI=1S/C17H16N2O3/c1-21-13-7-8-16(22-2)12(9-13)10-19-11-18-15-6-4-3-5-14(15)17(19)20/h3-9,11H,10H2,1-2H3. The molecule has 0 aliphatic rings. The first-order valence-corrected chi connectivity index (χ1v) is 6.88. The van der Waals surface area contributed by atoms with E-state index < -0.39 is 0 Å². The topological polar surface area (TPSA) is 53.4 Å². The molecule has 1 heterocycles. The quantitative estimate of drug-likeness (QED) is 0.742. The lowest BCUT2D eigenvalue weighted by Gasteiger charge is -2.12. The summed E-state index contributed by atoms with van der Waals surface area (Å²) in [6.07, 6.45) is 1.56. The summed E-state index contributed by atoms with van der Waals surface area (Å²) in [5, 5.41) is 0.604. The molecule has 0 aliphatic carbocycles. The van der Waals surface area contributed by atoms with Crippen LogP contribution in [0, 0.1) is 0 Å². The molecule has 0 amide bonds. The third kappa shape index (κ3) is 2.53. The molecule has 0 atom stereocenters. The second-order valence-electron chi connectivity index (χ2n) is 4.87. The predicted octanol–water partition coefficient (Wildman–Crippen LogP) is 2.46. The predicted molar refractivity (Wildman–Crippen MR) is 84.7 cm³/mol. The highest BCUT2D eigenvalue weighted by Crippen LogP contribution is 2.24. The first kappa shape index (κ1) is 14.1. The summed E-state index contributed by atoms with van der Waals surface area (Å²) < 4.78 is 12.2. The molecule has 0 saturated carbocycles. The maximum Gasteiger partial charge on any atom is 0.261 e. The minimum atomic E-state index is -0.0736. The Bertz CT molecular complexity index is 871. The van der Waals surface area contributed by atoms with Crippen LogP contribution in [0.25, 0.3) is 10.9 Å². The number of hydrogen-bond acceptors (Lipinski definition) is 4. The van der Waals surface area contributed by atoms with Crippen LogP contribution >= 0.6 is 0 Å². The zero-order chi connectivity index (χ0) is 15.5. The second kappa shape index (κ2) is 5.89. The van der Waals surface area contributed by atoms with Crippen LogP contribution < -0.4 is 15.0 Å². The highest BCUT2D eigenvalue weighted by molar-refractivity contribution is 5.76. The summed E-state index contributed by atoms with van der Waals surface area (Å²) in [6.45, 7) is 0.372. The smallest absolute Gasteiger partial charge is 0.261 e. The van der Waals surface area contributed by atoms with E-state index in [0.717, 1.165) is 11.3 Å². The molecule has 0 radical (unpaired) electrons. The minimum absolute atomic E-state index is 0.0736. The fraction of sp³-hybridized carbons (Fsp3) is 0.176. The van der Waals surface area contributed by atoms with E-state index in [1.807, 2.05) is 36.4 Å². The van der Waals surface area contributed by atoms with Gasteiger partial charge in [-0.05, 0) is 30.3 Å². The normalized spacial score (nSPS) is 10.6. The molecule has 0 aliphatic heterocycles. The van der Waals surface area contributed by atoms with Gasteiger partial charge in [-0.2, -0.15) is 0 Å². The van der Waals surface area contributed by atoms with Crippen LogP contribution in [0.4, 0.5) is 0 Å². The number of fused-ring (bicyclic) bond motifs is 1. The van der Waals surface area contributed by atoms with E-state index in [-0.39, 0.29) is 5.56 Å². The molecule has 1 aromatic heterocycles. The maximum absolute atomic E-state index is 12.5. The molecule has 5 nitrogen and oxygen atoms in total. The molecule has 22 heavy (non-hydrogen) atoms. The summed E-state index contributed by atoms with van der Waals surface area (Å²) in [4.78, 5) is 16.9. The fourth-order valence-electron chi connectivity index (χ4n) is 2.41. The summed E-state index contributed by atoms with van der Waals surface area (Å²) >= 11 is 0. The number of hydrogen-bond donors (Lipinski definition) is 0. The summed E-state index contributed by atoms with van der Waals surface area (Å²) in [7, 11) is 3.21. The molecule has 0 unspecified atom stereocenters. The molecule has 0 bridgehead atoms. The van der Waals surface area contributed by atoms with Gasteiger partial charge in [-0.1, -0.05) is 12.1 Å². The Morgan fingerprint density at radius 3 is 2.68 bits per heavy atom. The van der Waals surface area contributed by atoms with Gasteiger partial charge in [0.2, 0.25) is 0 Å². The zero-order valence-corrected chi connectivity index (χ0v) is 12.4. The maximum atomic E-state index is 12.5. The van der Waals surface area contributed by atoms with E-state index in [1.165, 1.54) is 0 Å². The van der Waals surface area contributed by atoms with Crippen LogP contribution in [0.2, 0.25) is 0 Å². The monoisotopic (exact) mass is 296 g/mol. The number of benzene rings is 2. The van der Waals surface area contributed by atoms with E-state index in [0.29, 0.717) is 23.2 Å². The van der Waals surface area contributed by atoms with Gasteiger partial charge in [0.05, 0.1) is 38.0 Å². The van der Waals surface area contributed by atoms with Crippen molar-refractivity contribution in [2.75, 3.05) is 14.2 Å². The lowest BCUT2D eigenvalue weighted by Crippen LogP contribution is -2.21. The van der Waals surface area contributed by atoms with Crippen molar-refractivity contribution in [3.05, 3.63) is 64.7 Å². The highest BCUT2D eigenvalue weighted by Gasteiger charge is 2.09. The van der Waals surface area contributed by atoms with Gasteiger partial charge < -0.3 is 9.47 Å². The summed E-state index contributed by atoms with van der Waals surface area (Å²) in [5.41, 5.74) is 1.48. The average Bonchev–Trinajstić information content (AvgIpc) is 2.57. The Labute approximate surface area is 127 Å². The van der Waals surface area contributed by atoms with Crippen molar-refractivity contribution in [3.8, 4) is 11.5 Å². The van der Waals surface area contributed by atoms with Crippen molar-refractivity contribution >= 4 is 10.9 Å². The van der Waals surface area contributed by atoms with E-state index in [2.05, 4.69) is 4.98 Å². The van der Waals surface area contributed by atoms with Crippen LogP contribution in [0.15, 0.2) is 53.6 Å². The number of methoxy groups -OCH3 is 2. The van der Waals surface area contributed by atoms with Gasteiger partial charge in [-0.3, -0.25) is 9.36 Å². The van der Waals surface area contributed by atoms with Crippen LogP contribution in [0.3, 0.4) is 0 Å². The van der Waals surface area contributed by atoms with Crippen LogP contribution in [-0.4, -0.2) is 23.8 Å². The summed E-state index contributed by atoms with van der Waals surface area (Å²) in [6, 6.07) is 12.8. The minimum Gasteiger partial charge on any atom is -0.497 e. The molecule has 0 fully saturated rings. The molecule has 0 saturated heterocycles. The number of nitrogens with zero attached hydrogens (tertiary/aromatic N) is 2. The first-order chi connectivity index (χ1) is 10.7. The van der Waals surface area contributed by atoms with E-state index in [1.54, 1.807) is 31.2 Å². The van der Waals surface area contributed by atoms with Crippen LogP contribution in [0.1, 0.15) is 5.56 Å². The van der Waals surface area contributed by atoms with Crippen molar-refractivity contribution in [3.63, 3.8) is 0 Å². The molecule has 0 spiro atoms. The van der Waals surface area contributed by atoms with Crippen molar-refractivity contribution < 1.29 is 9.47 Å². The Morgan fingerprint density at radius 1 is 1.09 bits per heavy atom.